The van der Waals surface area contributed by atoms with E-state index in [1.807, 2.05) is 42.8 Å². The lowest BCUT2D eigenvalue weighted by atomic mass is 10.1. The molecule has 0 radical (unpaired) electrons. The zero-order valence-electron chi connectivity index (χ0n) is 19.4. The summed E-state index contributed by atoms with van der Waals surface area (Å²) in [5.74, 6) is 4.34. The monoisotopic (exact) mass is 468 g/mol. The van der Waals surface area contributed by atoms with Crippen LogP contribution in [0.3, 0.4) is 0 Å². The van der Waals surface area contributed by atoms with Gasteiger partial charge in [-0.3, -0.25) is 4.79 Å². The highest BCUT2D eigenvalue weighted by atomic mass is 32.2. The number of amides is 1. The van der Waals surface area contributed by atoms with Crippen LogP contribution in [0.5, 0.6) is 0 Å². The van der Waals surface area contributed by atoms with Crippen LogP contribution < -0.4 is 10.2 Å². The number of thioether (sulfide) groups is 1. The van der Waals surface area contributed by atoms with Crippen LogP contribution in [0.15, 0.2) is 34.9 Å². The number of carbonyl (C=O) groups excluding carboxylic acids is 1. The molecule has 0 aromatic carbocycles. The van der Waals surface area contributed by atoms with Crippen molar-refractivity contribution in [1.82, 2.24) is 25.3 Å². The minimum absolute atomic E-state index is 0.0609. The van der Waals surface area contributed by atoms with Crippen LogP contribution >= 0.6 is 11.8 Å². The van der Waals surface area contributed by atoms with Crippen LogP contribution in [0.4, 0.5) is 5.82 Å². The molecule has 0 atom stereocenters. The average Bonchev–Trinajstić information content (AvgIpc) is 3.46. The van der Waals surface area contributed by atoms with Gasteiger partial charge in [0.05, 0.1) is 17.7 Å². The van der Waals surface area contributed by atoms with Crippen LogP contribution in [0, 0.1) is 13.8 Å². The molecule has 0 unspecified atom stereocenters. The molecule has 0 bridgehead atoms. The lowest BCUT2D eigenvalue weighted by Gasteiger charge is -2.27. The molecule has 1 fully saturated rings. The molecule has 33 heavy (non-hydrogen) atoms. The minimum Gasteiger partial charge on any atom is -0.468 e. The van der Waals surface area contributed by atoms with Crippen molar-refractivity contribution in [1.29, 1.82) is 0 Å². The van der Waals surface area contributed by atoms with Crippen molar-refractivity contribution in [3.05, 3.63) is 53.2 Å². The highest BCUT2D eigenvalue weighted by molar-refractivity contribution is 7.98. The Balaban J connectivity index is 1.27. The summed E-state index contributed by atoms with van der Waals surface area (Å²) in [6.07, 6.45) is 6.49. The molecule has 0 aliphatic carbocycles. The number of aryl methyl sites for hydroxylation is 1. The highest BCUT2D eigenvalue weighted by Gasteiger charge is 2.17. The molecule has 3 aromatic heterocycles. The van der Waals surface area contributed by atoms with Gasteiger partial charge in [0.25, 0.3) is 0 Å². The predicted molar refractivity (Wildman–Crippen MR) is 131 cm³/mol. The van der Waals surface area contributed by atoms with Crippen LogP contribution in [0.2, 0.25) is 0 Å². The first-order valence-electron chi connectivity index (χ1n) is 11.6. The highest BCUT2D eigenvalue weighted by Crippen LogP contribution is 2.21. The summed E-state index contributed by atoms with van der Waals surface area (Å²) in [7, 11) is 0. The summed E-state index contributed by atoms with van der Waals surface area (Å²) >= 11 is 1.75. The Morgan fingerprint density at radius 2 is 1.91 bits per heavy atom. The van der Waals surface area contributed by atoms with Crippen molar-refractivity contribution in [2.24, 2.45) is 0 Å². The largest absolute Gasteiger partial charge is 0.468 e. The second kappa shape index (κ2) is 11.4. The van der Waals surface area contributed by atoms with E-state index < -0.39 is 0 Å². The van der Waals surface area contributed by atoms with Gasteiger partial charge >= 0.3 is 0 Å². The normalized spacial score (nSPS) is 13.9. The third kappa shape index (κ3) is 6.16. The third-order valence-corrected chi connectivity index (χ3v) is 6.95. The SMILES string of the molecule is Cc1nn(-c2ccc(N3CCCCC3)nn2)c(C)c1CCC(=O)NCCSCc1ccco1. The number of aromatic nitrogens is 4. The number of carbonyl (C=O) groups is 1. The van der Waals surface area contributed by atoms with Crippen LogP contribution in [-0.2, 0) is 17.0 Å². The van der Waals surface area contributed by atoms with E-state index in [9.17, 15) is 4.79 Å². The van der Waals surface area contributed by atoms with Gasteiger partial charge in [0.1, 0.15) is 5.76 Å². The number of hydrogen-bond acceptors (Lipinski definition) is 7. The van der Waals surface area contributed by atoms with Crippen LogP contribution in [-0.4, -0.2) is 51.3 Å². The van der Waals surface area contributed by atoms with Gasteiger partial charge in [0, 0.05) is 37.5 Å². The summed E-state index contributed by atoms with van der Waals surface area (Å²) in [6, 6.07) is 7.86. The molecule has 1 amide bonds. The molecule has 4 heterocycles. The molecule has 1 aliphatic rings. The van der Waals surface area contributed by atoms with Gasteiger partial charge in [0.2, 0.25) is 5.91 Å². The summed E-state index contributed by atoms with van der Waals surface area (Å²) in [5.41, 5.74) is 3.03. The van der Waals surface area contributed by atoms with Crippen molar-refractivity contribution in [2.45, 2.75) is 51.7 Å². The summed E-state index contributed by atoms with van der Waals surface area (Å²) in [5, 5.41) is 16.5. The predicted octanol–water partition coefficient (Wildman–Crippen LogP) is 3.84. The summed E-state index contributed by atoms with van der Waals surface area (Å²) < 4.78 is 7.15. The Bertz CT molecular complexity index is 1030. The summed E-state index contributed by atoms with van der Waals surface area (Å²) in [4.78, 5) is 14.6. The molecule has 1 aliphatic heterocycles. The second-order valence-electron chi connectivity index (χ2n) is 8.34. The smallest absolute Gasteiger partial charge is 0.220 e. The standard InChI is InChI=1S/C24H32N6O2S/c1-18-21(8-11-24(31)25-12-16-33-17-20-7-6-15-32-20)19(2)30(28-18)23-10-9-22(26-27-23)29-13-4-3-5-14-29/h6-7,9-10,15H,3-5,8,11-14,16-17H2,1-2H3,(H,25,31). The van der Waals surface area contributed by atoms with Crippen molar-refractivity contribution < 1.29 is 9.21 Å². The Morgan fingerprint density at radius 1 is 1.12 bits per heavy atom. The van der Waals surface area contributed by atoms with Crippen molar-refractivity contribution in [2.75, 3.05) is 30.3 Å². The Kier molecular flexibility index (Phi) is 8.04. The van der Waals surface area contributed by atoms with E-state index in [2.05, 4.69) is 25.5 Å². The minimum atomic E-state index is 0.0609. The maximum absolute atomic E-state index is 12.3. The lowest BCUT2D eigenvalue weighted by molar-refractivity contribution is -0.120. The second-order valence-corrected chi connectivity index (χ2v) is 9.45. The number of nitrogens with one attached hydrogen (secondary N) is 1. The number of furan rings is 1. The first-order chi connectivity index (χ1) is 16.1. The van der Waals surface area contributed by atoms with E-state index in [0.29, 0.717) is 25.2 Å². The third-order valence-electron chi connectivity index (χ3n) is 5.97. The van der Waals surface area contributed by atoms with Crippen molar-refractivity contribution in [3.8, 4) is 5.82 Å². The van der Waals surface area contributed by atoms with Gasteiger partial charge < -0.3 is 14.6 Å². The van der Waals surface area contributed by atoms with E-state index in [1.165, 1.54) is 19.3 Å². The van der Waals surface area contributed by atoms with Gasteiger partial charge in [-0.25, -0.2) is 4.68 Å². The quantitative estimate of drug-likeness (QED) is 0.452. The number of rotatable bonds is 10. The average molecular weight is 469 g/mol. The van der Waals surface area contributed by atoms with Crippen molar-refractivity contribution >= 4 is 23.5 Å². The zero-order chi connectivity index (χ0) is 23.0. The van der Waals surface area contributed by atoms with Gasteiger partial charge in [-0.05, 0) is 69.4 Å². The summed E-state index contributed by atoms with van der Waals surface area (Å²) in [6.45, 7) is 6.75. The van der Waals surface area contributed by atoms with Crippen LogP contribution in [0.1, 0.15) is 48.4 Å². The van der Waals surface area contributed by atoms with Crippen LogP contribution in [0.25, 0.3) is 5.82 Å². The lowest BCUT2D eigenvalue weighted by Crippen LogP contribution is -2.30. The van der Waals surface area contributed by atoms with E-state index in [1.54, 1.807) is 18.0 Å². The first-order valence-corrected chi connectivity index (χ1v) is 12.8. The van der Waals surface area contributed by atoms with Crippen molar-refractivity contribution in [3.63, 3.8) is 0 Å². The molecule has 8 nitrogen and oxygen atoms in total. The Morgan fingerprint density at radius 3 is 2.64 bits per heavy atom. The Labute approximate surface area is 199 Å². The fourth-order valence-corrected chi connectivity index (χ4v) is 4.90. The van der Waals surface area contributed by atoms with E-state index in [-0.39, 0.29) is 5.91 Å². The molecule has 0 saturated carbocycles. The van der Waals surface area contributed by atoms with E-state index in [0.717, 1.165) is 53.1 Å². The molecular formula is C24H32N6O2S. The molecule has 3 aromatic rings. The van der Waals surface area contributed by atoms with E-state index >= 15 is 0 Å². The maximum atomic E-state index is 12.3. The maximum Gasteiger partial charge on any atom is 0.220 e. The van der Waals surface area contributed by atoms with Gasteiger partial charge in [-0.2, -0.15) is 16.9 Å². The number of hydrogen-bond donors (Lipinski definition) is 1. The number of nitrogens with zero attached hydrogens (tertiary/aromatic N) is 5. The molecule has 1 N–H and O–H groups in total. The van der Waals surface area contributed by atoms with Gasteiger partial charge in [0.15, 0.2) is 11.6 Å². The molecule has 9 heteroatoms. The molecular weight excluding hydrogens is 436 g/mol. The fraction of sp³-hybridized carbons (Fsp3) is 0.500. The molecule has 0 spiro atoms. The molecule has 4 rings (SSSR count). The van der Waals surface area contributed by atoms with E-state index in [4.69, 9.17) is 4.42 Å². The molecule has 1 saturated heterocycles. The number of piperidine rings is 1. The Hall–Kier alpha value is -2.81. The zero-order valence-corrected chi connectivity index (χ0v) is 20.2. The molecule has 176 valence electrons. The fourth-order valence-electron chi connectivity index (χ4n) is 4.14. The van der Waals surface area contributed by atoms with Gasteiger partial charge in [-0.1, -0.05) is 0 Å². The van der Waals surface area contributed by atoms with Gasteiger partial charge in [-0.15, -0.1) is 10.2 Å². The first kappa shape index (κ1) is 23.4. The number of anilines is 1. The topological polar surface area (TPSA) is 89.1 Å².